The number of ether oxygens (including phenoxy) is 2. The van der Waals surface area contributed by atoms with Gasteiger partial charge in [-0.1, -0.05) is 12.1 Å². The predicted octanol–water partition coefficient (Wildman–Crippen LogP) is 2.27. The Balaban J connectivity index is 1.54. The first-order valence-electron chi connectivity index (χ1n) is 9.25. The van der Waals surface area contributed by atoms with Crippen LogP contribution in [0.2, 0.25) is 0 Å². The highest BCUT2D eigenvalue weighted by atomic mass is 16.5. The average molecular weight is 361 g/mol. The van der Waals surface area contributed by atoms with Gasteiger partial charge in [0.25, 0.3) is 0 Å². The SMILES string of the molecule is COc1cc(CC(=O)N2CCC([C@@H]3OCCC3C(=O)O)CC2)ccc1C. The van der Waals surface area contributed by atoms with Crippen LogP contribution < -0.4 is 4.74 Å². The highest BCUT2D eigenvalue weighted by Gasteiger charge is 2.40. The Labute approximate surface area is 154 Å². The molecule has 3 rings (SSSR count). The summed E-state index contributed by atoms with van der Waals surface area (Å²) >= 11 is 0. The van der Waals surface area contributed by atoms with E-state index in [1.807, 2.05) is 30.0 Å². The molecule has 1 aromatic rings. The van der Waals surface area contributed by atoms with Crippen molar-refractivity contribution in [2.45, 2.75) is 38.7 Å². The largest absolute Gasteiger partial charge is 0.496 e. The summed E-state index contributed by atoms with van der Waals surface area (Å²) in [6.45, 7) is 3.83. The van der Waals surface area contributed by atoms with E-state index in [1.54, 1.807) is 7.11 Å². The standard InChI is InChI=1S/C20H27NO5/c1-13-3-4-14(11-17(13)25-2)12-18(22)21-8-5-15(6-9-21)19-16(20(23)24)7-10-26-19/h3-4,11,15-16,19H,5-10,12H2,1-2H3,(H,23,24)/t16?,19-/m0/s1. The first kappa shape index (κ1) is 18.7. The molecule has 2 heterocycles. The molecule has 26 heavy (non-hydrogen) atoms. The summed E-state index contributed by atoms with van der Waals surface area (Å²) in [5, 5.41) is 9.33. The molecule has 0 aromatic heterocycles. The zero-order chi connectivity index (χ0) is 18.7. The van der Waals surface area contributed by atoms with Gasteiger partial charge in [0.15, 0.2) is 0 Å². The monoisotopic (exact) mass is 361 g/mol. The molecule has 0 radical (unpaired) electrons. The number of carbonyl (C=O) groups is 2. The second kappa shape index (κ2) is 8.08. The van der Waals surface area contributed by atoms with E-state index < -0.39 is 11.9 Å². The van der Waals surface area contributed by atoms with Gasteiger partial charge in [0.05, 0.1) is 25.6 Å². The van der Waals surface area contributed by atoms with Crippen molar-refractivity contribution in [2.75, 3.05) is 26.8 Å². The lowest BCUT2D eigenvalue weighted by Crippen LogP contribution is -2.43. The molecule has 6 nitrogen and oxygen atoms in total. The number of carbonyl (C=O) groups excluding carboxylic acids is 1. The van der Waals surface area contributed by atoms with Crippen molar-refractivity contribution < 1.29 is 24.2 Å². The molecule has 1 N–H and O–H groups in total. The van der Waals surface area contributed by atoms with E-state index in [-0.39, 0.29) is 17.9 Å². The summed E-state index contributed by atoms with van der Waals surface area (Å²) in [4.78, 5) is 25.8. The molecule has 6 heteroatoms. The quantitative estimate of drug-likeness (QED) is 0.871. The molecule has 0 aliphatic carbocycles. The number of benzene rings is 1. The lowest BCUT2D eigenvalue weighted by molar-refractivity contribution is -0.145. The Morgan fingerprint density at radius 1 is 1.27 bits per heavy atom. The number of hydrogen-bond acceptors (Lipinski definition) is 4. The van der Waals surface area contributed by atoms with Gasteiger partial charge in [-0.15, -0.1) is 0 Å². The number of carboxylic acids is 1. The predicted molar refractivity (Wildman–Crippen MR) is 96.2 cm³/mol. The molecular formula is C20H27NO5. The first-order chi connectivity index (χ1) is 12.5. The third-order valence-corrected chi connectivity index (χ3v) is 5.64. The van der Waals surface area contributed by atoms with Crippen LogP contribution in [0.1, 0.15) is 30.4 Å². The van der Waals surface area contributed by atoms with Crippen LogP contribution in [-0.4, -0.2) is 54.8 Å². The minimum atomic E-state index is -0.765. The second-order valence-electron chi connectivity index (χ2n) is 7.27. The van der Waals surface area contributed by atoms with E-state index in [4.69, 9.17) is 9.47 Å². The number of rotatable bonds is 5. The Morgan fingerprint density at radius 3 is 2.65 bits per heavy atom. The number of carboxylic acid groups (broad SMARTS) is 1. The molecule has 0 spiro atoms. The number of amides is 1. The number of methoxy groups -OCH3 is 1. The molecule has 0 saturated carbocycles. The highest BCUT2D eigenvalue weighted by Crippen LogP contribution is 2.33. The van der Waals surface area contributed by atoms with E-state index in [2.05, 4.69) is 0 Å². The number of nitrogens with zero attached hydrogens (tertiary/aromatic N) is 1. The van der Waals surface area contributed by atoms with Crippen molar-refractivity contribution in [1.82, 2.24) is 4.90 Å². The van der Waals surface area contributed by atoms with Gasteiger partial charge >= 0.3 is 5.97 Å². The molecule has 2 fully saturated rings. The topological polar surface area (TPSA) is 76.1 Å². The number of aryl methyl sites for hydroxylation is 1. The minimum absolute atomic E-state index is 0.108. The Hall–Kier alpha value is -2.08. The molecule has 2 aliphatic rings. The van der Waals surface area contributed by atoms with Crippen molar-refractivity contribution in [3.05, 3.63) is 29.3 Å². The van der Waals surface area contributed by atoms with Crippen molar-refractivity contribution in [3.63, 3.8) is 0 Å². The molecule has 1 unspecified atom stereocenters. The van der Waals surface area contributed by atoms with Gasteiger partial charge in [0.1, 0.15) is 5.75 Å². The zero-order valence-corrected chi connectivity index (χ0v) is 15.4. The van der Waals surface area contributed by atoms with E-state index in [9.17, 15) is 14.7 Å². The number of piperidine rings is 1. The maximum Gasteiger partial charge on any atom is 0.309 e. The summed E-state index contributed by atoms with van der Waals surface area (Å²) in [5.41, 5.74) is 2.00. The average Bonchev–Trinajstić information content (AvgIpc) is 3.13. The molecule has 2 aliphatic heterocycles. The smallest absolute Gasteiger partial charge is 0.309 e. The Morgan fingerprint density at radius 2 is 2.00 bits per heavy atom. The van der Waals surface area contributed by atoms with E-state index >= 15 is 0 Å². The van der Waals surface area contributed by atoms with Gasteiger partial charge < -0.3 is 19.5 Å². The summed E-state index contributed by atoms with van der Waals surface area (Å²) in [6.07, 6.45) is 2.36. The van der Waals surface area contributed by atoms with Gasteiger partial charge in [0.2, 0.25) is 5.91 Å². The van der Waals surface area contributed by atoms with Crippen LogP contribution in [0.4, 0.5) is 0 Å². The third kappa shape index (κ3) is 4.01. The molecule has 142 valence electrons. The molecule has 2 saturated heterocycles. The lowest BCUT2D eigenvalue weighted by Gasteiger charge is -2.35. The molecule has 2 atom stereocenters. The third-order valence-electron chi connectivity index (χ3n) is 5.64. The van der Waals surface area contributed by atoms with Crippen LogP contribution in [0.5, 0.6) is 5.75 Å². The van der Waals surface area contributed by atoms with E-state index in [0.717, 1.165) is 29.7 Å². The summed E-state index contributed by atoms with van der Waals surface area (Å²) in [5.74, 6) is -0.0349. The molecule has 0 bridgehead atoms. The summed E-state index contributed by atoms with van der Waals surface area (Å²) in [6, 6.07) is 5.85. The van der Waals surface area contributed by atoms with Crippen LogP contribution in [-0.2, 0) is 20.7 Å². The molecule has 1 aromatic carbocycles. The van der Waals surface area contributed by atoms with Crippen LogP contribution in [0.15, 0.2) is 18.2 Å². The van der Waals surface area contributed by atoms with Crippen molar-refractivity contribution in [2.24, 2.45) is 11.8 Å². The highest BCUT2D eigenvalue weighted by molar-refractivity contribution is 5.79. The van der Waals surface area contributed by atoms with Crippen LogP contribution in [0.3, 0.4) is 0 Å². The Bertz CT molecular complexity index is 666. The fourth-order valence-electron chi connectivity index (χ4n) is 4.08. The van der Waals surface area contributed by atoms with Crippen LogP contribution in [0.25, 0.3) is 0 Å². The lowest BCUT2D eigenvalue weighted by atomic mass is 9.84. The maximum absolute atomic E-state index is 12.6. The van der Waals surface area contributed by atoms with Crippen molar-refractivity contribution >= 4 is 11.9 Å². The summed E-state index contributed by atoms with van der Waals surface area (Å²) in [7, 11) is 1.63. The molecular weight excluding hydrogens is 334 g/mol. The minimum Gasteiger partial charge on any atom is -0.496 e. The maximum atomic E-state index is 12.6. The second-order valence-corrected chi connectivity index (χ2v) is 7.27. The van der Waals surface area contributed by atoms with E-state index in [1.165, 1.54) is 0 Å². The van der Waals surface area contributed by atoms with Gasteiger partial charge in [0, 0.05) is 19.7 Å². The number of aliphatic carboxylic acids is 1. The summed E-state index contributed by atoms with van der Waals surface area (Å²) < 4.78 is 11.0. The fraction of sp³-hybridized carbons (Fsp3) is 0.600. The zero-order valence-electron chi connectivity index (χ0n) is 15.4. The normalized spacial score (nSPS) is 23.8. The first-order valence-corrected chi connectivity index (χ1v) is 9.25. The van der Waals surface area contributed by atoms with Gasteiger partial charge in [-0.3, -0.25) is 9.59 Å². The fourth-order valence-corrected chi connectivity index (χ4v) is 4.08. The van der Waals surface area contributed by atoms with Crippen molar-refractivity contribution in [1.29, 1.82) is 0 Å². The van der Waals surface area contributed by atoms with Gasteiger partial charge in [-0.25, -0.2) is 0 Å². The number of likely N-dealkylation sites (tertiary alicyclic amines) is 1. The van der Waals surface area contributed by atoms with E-state index in [0.29, 0.717) is 32.5 Å². The van der Waals surface area contributed by atoms with Crippen LogP contribution >= 0.6 is 0 Å². The Kier molecular flexibility index (Phi) is 5.81. The van der Waals surface area contributed by atoms with Gasteiger partial charge in [-0.05, 0) is 49.3 Å². The number of hydrogen-bond donors (Lipinski definition) is 1. The molecule has 1 amide bonds. The van der Waals surface area contributed by atoms with Crippen LogP contribution in [0, 0.1) is 18.8 Å². The van der Waals surface area contributed by atoms with Crippen molar-refractivity contribution in [3.8, 4) is 5.75 Å². The van der Waals surface area contributed by atoms with Gasteiger partial charge in [-0.2, -0.15) is 0 Å².